The molecule has 0 unspecified atom stereocenters. The van der Waals surface area contributed by atoms with Crippen LogP contribution in [0.25, 0.3) is 0 Å². The number of aliphatic hydroxyl groups is 1. The Morgan fingerprint density at radius 1 is 1.24 bits per heavy atom. The number of rotatable bonds is 5. The fraction of sp³-hybridized carbons (Fsp3) is 0.786. The zero-order valence-corrected chi connectivity index (χ0v) is 12.9. The molecule has 0 atom stereocenters. The van der Waals surface area contributed by atoms with E-state index in [9.17, 15) is 4.79 Å². The molecule has 2 aliphatic carbocycles. The smallest absolute Gasteiger partial charge is 0.324 e. The van der Waals surface area contributed by atoms with Gasteiger partial charge in [0.25, 0.3) is 0 Å². The van der Waals surface area contributed by atoms with Gasteiger partial charge in [-0.1, -0.05) is 30.6 Å². The fourth-order valence-corrected chi connectivity index (χ4v) is 3.81. The predicted molar refractivity (Wildman–Crippen MR) is 81.6 cm³/mol. The van der Waals surface area contributed by atoms with Crippen LogP contribution in [0.2, 0.25) is 0 Å². The number of hydrogen-bond acceptors (Lipinski definition) is 5. The predicted octanol–water partition coefficient (Wildman–Crippen LogP) is 2.57. The molecule has 2 N–H and O–H groups in total. The van der Waals surface area contributed by atoms with Crippen molar-refractivity contribution in [3.63, 3.8) is 0 Å². The Hall–Kier alpha value is -1.21. The number of aromatic nitrogens is 2. The third kappa shape index (κ3) is 3.71. The molecule has 0 aromatic carbocycles. The summed E-state index contributed by atoms with van der Waals surface area (Å²) in [6.07, 6.45) is 8.25. The molecule has 0 radical (unpaired) electrons. The molecule has 2 fully saturated rings. The molecule has 21 heavy (non-hydrogen) atoms. The van der Waals surface area contributed by atoms with Gasteiger partial charge in [0.15, 0.2) is 0 Å². The van der Waals surface area contributed by atoms with E-state index in [-0.39, 0.29) is 18.7 Å². The molecule has 2 aliphatic rings. The number of hydrogen-bond donors (Lipinski definition) is 2. The molecule has 1 heterocycles. The highest BCUT2D eigenvalue weighted by molar-refractivity contribution is 7.15. The van der Waals surface area contributed by atoms with E-state index in [1.165, 1.54) is 43.4 Å². The number of urea groups is 1. The molecule has 2 saturated carbocycles. The van der Waals surface area contributed by atoms with Gasteiger partial charge in [-0.25, -0.2) is 4.79 Å². The Kier molecular flexibility index (Phi) is 4.70. The first-order valence-electron chi connectivity index (χ1n) is 7.80. The van der Waals surface area contributed by atoms with E-state index in [0.717, 1.165) is 17.8 Å². The van der Waals surface area contributed by atoms with Crippen molar-refractivity contribution in [3.05, 3.63) is 5.01 Å². The van der Waals surface area contributed by atoms with E-state index in [1.807, 2.05) is 0 Å². The highest BCUT2D eigenvalue weighted by atomic mass is 32.1. The largest absolute Gasteiger partial charge is 0.395 e. The van der Waals surface area contributed by atoms with Gasteiger partial charge in [0.1, 0.15) is 5.01 Å². The van der Waals surface area contributed by atoms with Gasteiger partial charge in [-0.3, -0.25) is 5.32 Å². The van der Waals surface area contributed by atoms with Crippen LogP contribution >= 0.6 is 11.3 Å². The number of aliphatic hydroxyl groups excluding tert-OH is 1. The summed E-state index contributed by atoms with van der Waals surface area (Å²) in [7, 11) is 0. The molecule has 2 amide bonds. The van der Waals surface area contributed by atoms with Crippen LogP contribution in [0.4, 0.5) is 9.93 Å². The average Bonchev–Trinajstić information content (AvgIpc) is 3.24. The van der Waals surface area contributed by atoms with Gasteiger partial charge in [-0.2, -0.15) is 0 Å². The second-order valence-corrected chi connectivity index (χ2v) is 6.87. The molecule has 7 heteroatoms. The maximum absolute atomic E-state index is 12.2. The second kappa shape index (κ2) is 6.70. The molecule has 1 aromatic heterocycles. The summed E-state index contributed by atoms with van der Waals surface area (Å²) < 4.78 is 0. The molecule has 0 bridgehead atoms. The van der Waals surface area contributed by atoms with Crippen LogP contribution in [0.5, 0.6) is 0 Å². The quantitative estimate of drug-likeness (QED) is 0.876. The second-order valence-electron chi connectivity index (χ2n) is 5.86. The van der Waals surface area contributed by atoms with Gasteiger partial charge in [-0.15, -0.1) is 10.2 Å². The van der Waals surface area contributed by atoms with E-state index in [0.29, 0.717) is 17.6 Å². The van der Waals surface area contributed by atoms with Crippen molar-refractivity contribution in [3.8, 4) is 0 Å². The molecule has 1 aromatic rings. The van der Waals surface area contributed by atoms with Crippen LogP contribution in [-0.2, 0) is 0 Å². The lowest BCUT2D eigenvalue weighted by Gasteiger charge is -2.20. The summed E-state index contributed by atoms with van der Waals surface area (Å²) in [6.45, 7) is 0.373. The molecule has 3 rings (SSSR count). The van der Waals surface area contributed by atoms with Crippen molar-refractivity contribution in [2.45, 2.75) is 56.9 Å². The molecular formula is C14H22N4O2S. The van der Waals surface area contributed by atoms with Gasteiger partial charge in [0.05, 0.1) is 6.61 Å². The number of nitrogens with one attached hydrogen (secondary N) is 1. The van der Waals surface area contributed by atoms with Crippen molar-refractivity contribution in [1.82, 2.24) is 15.1 Å². The normalized spacial score (nSPS) is 19.5. The average molecular weight is 310 g/mol. The van der Waals surface area contributed by atoms with Gasteiger partial charge in [0, 0.05) is 18.5 Å². The third-order valence-corrected chi connectivity index (χ3v) is 5.20. The first kappa shape index (κ1) is 14.7. The van der Waals surface area contributed by atoms with E-state index in [2.05, 4.69) is 15.5 Å². The first-order valence-corrected chi connectivity index (χ1v) is 8.61. The zero-order chi connectivity index (χ0) is 14.7. The van der Waals surface area contributed by atoms with E-state index in [1.54, 1.807) is 4.90 Å². The summed E-state index contributed by atoms with van der Waals surface area (Å²) in [5.41, 5.74) is 0. The van der Waals surface area contributed by atoms with Crippen molar-refractivity contribution in [1.29, 1.82) is 0 Å². The molecule has 116 valence electrons. The van der Waals surface area contributed by atoms with E-state index in [4.69, 9.17) is 5.11 Å². The van der Waals surface area contributed by atoms with Crippen LogP contribution in [0.15, 0.2) is 0 Å². The van der Waals surface area contributed by atoms with Crippen LogP contribution < -0.4 is 5.32 Å². The Morgan fingerprint density at radius 3 is 2.67 bits per heavy atom. The molecular weight excluding hydrogens is 288 g/mol. The number of carbonyl (C=O) groups is 1. The monoisotopic (exact) mass is 310 g/mol. The Balaban J connectivity index is 1.59. The lowest BCUT2D eigenvalue weighted by molar-refractivity contribution is 0.185. The van der Waals surface area contributed by atoms with Gasteiger partial charge >= 0.3 is 6.03 Å². The maximum atomic E-state index is 12.2. The molecule has 6 nitrogen and oxygen atoms in total. The standard InChI is InChI=1S/C14H22N4O2S/c19-9-8-18(11-6-7-11)14(20)15-13-17-16-12(21-13)10-4-2-1-3-5-10/h10-11,19H,1-9H2,(H,15,17,20). The summed E-state index contributed by atoms with van der Waals surface area (Å²) in [5.74, 6) is 0.513. The minimum atomic E-state index is -0.169. The maximum Gasteiger partial charge on any atom is 0.324 e. The lowest BCUT2D eigenvalue weighted by atomic mass is 9.90. The first-order chi connectivity index (χ1) is 10.3. The Labute approximate surface area is 128 Å². The van der Waals surface area contributed by atoms with Gasteiger partial charge in [0.2, 0.25) is 5.13 Å². The molecule has 0 spiro atoms. The van der Waals surface area contributed by atoms with Crippen molar-refractivity contribution < 1.29 is 9.90 Å². The minimum Gasteiger partial charge on any atom is -0.395 e. The Bertz CT molecular complexity index is 483. The summed E-state index contributed by atoms with van der Waals surface area (Å²) in [5, 5.41) is 21.8. The van der Waals surface area contributed by atoms with Crippen LogP contribution in [0.1, 0.15) is 55.9 Å². The number of carbonyl (C=O) groups excluding carboxylic acids is 1. The number of amides is 2. The lowest BCUT2D eigenvalue weighted by Crippen LogP contribution is -2.38. The Morgan fingerprint density at radius 2 is 2.00 bits per heavy atom. The highest BCUT2D eigenvalue weighted by Gasteiger charge is 2.32. The van der Waals surface area contributed by atoms with Crippen molar-refractivity contribution in [2.75, 3.05) is 18.5 Å². The number of anilines is 1. The summed E-state index contributed by atoms with van der Waals surface area (Å²) in [6, 6.07) is 0.112. The summed E-state index contributed by atoms with van der Waals surface area (Å²) >= 11 is 1.49. The zero-order valence-electron chi connectivity index (χ0n) is 12.1. The van der Waals surface area contributed by atoms with Crippen LogP contribution in [0.3, 0.4) is 0 Å². The topological polar surface area (TPSA) is 78.4 Å². The van der Waals surface area contributed by atoms with E-state index >= 15 is 0 Å². The molecule has 0 aliphatic heterocycles. The van der Waals surface area contributed by atoms with E-state index < -0.39 is 0 Å². The van der Waals surface area contributed by atoms with Gasteiger partial charge in [-0.05, 0) is 25.7 Å². The van der Waals surface area contributed by atoms with Gasteiger partial charge < -0.3 is 10.0 Å². The molecule has 0 saturated heterocycles. The van der Waals surface area contributed by atoms with Crippen molar-refractivity contribution in [2.24, 2.45) is 0 Å². The SMILES string of the molecule is O=C(Nc1nnc(C2CCCCC2)s1)N(CCO)C1CC1. The minimum absolute atomic E-state index is 0.00658. The summed E-state index contributed by atoms with van der Waals surface area (Å²) in [4.78, 5) is 13.9. The van der Waals surface area contributed by atoms with Crippen LogP contribution in [-0.4, -0.2) is 45.4 Å². The van der Waals surface area contributed by atoms with Crippen molar-refractivity contribution >= 4 is 22.5 Å². The van der Waals surface area contributed by atoms with Crippen LogP contribution in [0, 0.1) is 0 Å². The third-order valence-electron chi connectivity index (χ3n) is 4.20. The highest BCUT2D eigenvalue weighted by Crippen LogP contribution is 2.35. The fourth-order valence-electron chi connectivity index (χ4n) is 2.91. The number of nitrogens with zero attached hydrogens (tertiary/aromatic N) is 3.